The van der Waals surface area contributed by atoms with Crippen molar-refractivity contribution in [2.45, 2.75) is 19.3 Å². The number of ether oxygens (including phenoxy) is 4. The Morgan fingerprint density at radius 3 is 2.28 bits per heavy atom. The Morgan fingerprint density at radius 1 is 0.969 bits per heavy atom. The first-order valence-corrected chi connectivity index (χ1v) is 10.6. The highest BCUT2D eigenvalue weighted by molar-refractivity contribution is 6.05. The molecule has 1 saturated heterocycles. The normalized spacial score (nSPS) is 17.8. The Kier molecular flexibility index (Phi) is 6.12. The molecule has 1 atom stereocenters. The van der Waals surface area contributed by atoms with Crippen molar-refractivity contribution in [1.29, 1.82) is 0 Å². The fourth-order valence-electron chi connectivity index (χ4n) is 4.57. The molecule has 8 heteroatoms. The van der Waals surface area contributed by atoms with Gasteiger partial charge in [-0.25, -0.2) is 0 Å². The summed E-state index contributed by atoms with van der Waals surface area (Å²) >= 11 is 0. The number of nitrogens with zero attached hydrogens (tertiary/aromatic N) is 2. The number of fused-ring (bicyclic) bond motifs is 1. The van der Waals surface area contributed by atoms with Crippen molar-refractivity contribution in [2.75, 3.05) is 51.3 Å². The lowest BCUT2D eigenvalue weighted by Gasteiger charge is -2.32. The molecule has 4 rings (SSSR count). The highest BCUT2D eigenvalue weighted by atomic mass is 16.5. The summed E-state index contributed by atoms with van der Waals surface area (Å²) < 4.78 is 21.7. The van der Waals surface area contributed by atoms with Gasteiger partial charge in [0.15, 0.2) is 11.5 Å². The molecule has 0 aromatic heterocycles. The van der Waals surface area contributed by atoms with E-state index in [1.807, 2.05) is 18.2 Å². The number of rotatable bonds is 6. The minimum Gasteiger partial charge on any atom is -0.495 e. The lowest BCUT2D eigenvalue weighted by molar-refractivity contribution is -0.124. The van der Waals surface area contributed by atoms with Crippen molar-refractivity contribution in [1.82, 2.24) is 0 Å². The van der Waals surface area contributed by atoms with Gasteiger partial charge in [0.1, 0.15) is 5.75 Å². The molecule has 32 heavy (non-hydrogen) atoms. The number of carbonyl (C=O) groups excluding carboxylic acids is 2. The van der Waals surface area contributed by atoms with Gasteiger partial charge in [-0.2, -0.15) is 0 Å². The minimum absolute atomic E-state index is 0.0567. The van der Waals surface area contributed by atoms with Crippen LogP contribution in [0.4, 0.5) is 11.4 Å². The number of anilines is 2. The first-order valence-electron chi connectivity index (χ1n) is 10.6. The standard InChI is InChI=1S/C24H28N2O6/c1-29-18-9-5-7-15-8-6-10-25(22(15)18)24(28)16-11-21(27)26(14-16)17-12-19(30-2)23(32-4)20(13-17)31-3/h5,7,9,12-13,16H,6,8,10-11,14H2,1-4H3. The van der Waals surface area contributed by atoms with Crippen molar-refractivity contribution in [2.24, 2.45) is 5.92 Å². The highest BCUT2D eigenvalue weighted by Crippen LogP contribution is 2.43. The summed E-state index contributed by atoms with van der Waals surface area (Å²) in [6, 6.07) is 9.29. The summed E-state index contributed by atoms with van der Waals surface area (Å²) in [5, 5.41) is 0. The Morgan fingerprint density at radius 2 is 1.66 bits per heavy atom. The van der Waals surface area contributed by atoms with E-state index in [9.17, 15) is 9.59 Å². The van der Waals surface area contributed by atoms with Crippen LogP contribution in [0.1, 0.15) is 18.4 Å². The quantitative estimate of drug-likeness (QED) is 0.687. The predicted molar refractivity (Wildman–Crippen MR) is 120 cm³/mol. The maximum Gasteiger partial charge on any atom is 0.232 e. The monoisotopic (exact) mass is 440 g/mol. The first kappa shape index (κ1) is 21.8. The van der Waals surface area contributed by atoms with Gasteiger partial charge in [0.2, 0.25) is 17.6 Å². The summed E-state index contributed by atoms with van der Waals surface area (Å²) in [5.41, 5.74) is 2.52. The average Bonchev–Trinajstić information content (AvgIpc) is 3.23. The number of para-hydroxylation sites is 1. The molecular formula is C24H28N2O6. The molecule has 170 valence electrons. The van der Waals surface area contributed by atoms with Gasteiger partial charge in [-0.1, -0.05) is 12.1 Å². The Labute approximate surface area is 187 Å². The van der Waals surface area contributed by atoms with Crippen molar-refractivity contribution in [3.63, 3.8) is 0 Å². The molecule has 2 aliphatic heterocycles. The molecule has 1 unspecified atom stereocenters. The van der Waals surface area contributed by atoms with E-state index in [0.29, 0.717) is 35.2 Å². The second-order valence-electron chi connectivity index (χ2n) is 7.85. The van der Waals surface area contributed by atoms with Gasteiger partial charge in [0.25, 0.3) is 0 Å². The van der Waals surface area contributed by atoms with Crippen LogP contribution in [-0.2, 0) is 16.0 Å². The van der Waals surface area contributed by atoms with Gasteiger partial charge in [-0.3, -0.25) is 9.59 Å². The average molecular weight is 440 g/mol. The van der Waals surface area contributed by atoms with E-state index in [2.05, 4.69) is 0 Å². The van der Waals surface area contributed by atoms with Crippen LogP contribution >= 0.6 is 0 Å². The summed E-state index contributed by atoms with van der Waals surface area (Å²) in [7, 11) is 6.19. The molecule has 0 radical (unpaired) electrons. The van der Waals surface area contributed by atoms with E-state index < -0.39 is 5.92 Å². The van der Waals surface area contributed by atoms with E-state index in [0.717, 1.165) is 24.1 Å². The number of benzene rings is 2. The zero-order valence-corrected chi connectivity index (χ0v) is 18.8. The van der Waals surface area contributed by atoms with Crippen LogP contribution in [0.15, 0.2) is 30.3 Å². The van der Waals surface area contributed by atoms with Crippen molar-refractivity contribution >= 4 is 23.2 Å². The van der Waals surface area contributed by atoms with Crippen molar-refractivity contribution in [3.8, 4) is 23.0 Å². The maximum absolute atomic E-state index is 13.5. The molecule has 1 fully saturated rings. The van der Waals surface area contributed by atoms with Crippen LogP contribution in [0, 0.1) is 5.92 Å². The molecule has 0 spiro atoms. The van der Waals surface area contributed by atoms with Crippen LogP contribution in [0.25, 0.3) is 0 Å². The zero-order valence-electron chi connectivity index (χ0n) is 18.8. The zero-order chi connectivity index (χ0) is 22.8. The number of hydrogen-bond acceptors (Lipinski definition) is 6. The fraction of sp³-hybridized carbons (Fsp3) is 0.417. The van der Waals surface area contributed by atoms with Crippen LogP contribution in [0.5, 0.6) is 23.0 Å². The van der Waals surface area contributed by atoms with Crippen LogP contribution in [-0.4, -0.2) is 53.3 Å². The highest BCUT2D eigenvalue weighted by Gasteiger charge is 2.39. The van der Waals surface area contributed by atoms with Gasteiger partial charge in [-0.05, 0) is 24.5 Å². The van der Waals surface area contributed by atoms with Crippen LogP contribution in [0.3, 0.4) is 0 Å². The molecule has 2 aromatic carbocycles. The molecule has 2 aromatic rings. The molecule has 0 N–H and O–H groups in total. The number of amides is 2. The largest absolute Gasteiger partial charge is 0.495 e. The number of hydrogen-bond donors (Lipinski definition) is 0. The predicted octanol–water partition coefficient (Wildman–Crippen LogP) is 3.05. The third-order valence-electron chi connectivity index (χ3n) is 6.10. The Hall–Kier alpha value is -3.42. The molecular weight excluding hydrogens is 412 g/mol. The maximum atomic E-state index is 13.5. The van der Waals surface area contributed by atoms with Crippen LogP contribution in [0.2, 0.25) is 0 Å². The van der Waals surface area contributed by atoms with Crippen LogP contribution < -0.4 is 28.7 Å². The first-order chi connectivity index (χ1) is 15.5. The summed E-state index contributed by atoms with van der Waals surface area (Å²) in [6.07, 6.45) is 1.93. The molecule has 2 amide bonds. The third-order valence-corrected chi connectivity index (χ3v) is 6.10. The van der Waals surface area contributed by atoms with E-state index in [4.69, 9.17) is 18.9 Å². The van der Waals surface area contributed by atoms with Gasteiger partial charge in [0, 0.05) is 31.6 Å². The smallest absolute Gasteiger partial charge is 0.232 e. The van der Waals surface area contributed by atoms with E-state index in [1.165, 1.54) is 21.3 Å². The SMILES string of the molecule is COc1cc(N2CC(C(=O)N3CCCc4cccc(OC)c43)CC2=O)cc(OC)c1OC. The van der Waals surface area contributed by atoms with Gasteiger partial charge >= 0.3 is 0 Å². The van der Waals surface area contributed by atoms with Gasteiger partial charge in [0.05, 0.1) is 45.7 Å². The lowest BCUT2D eigenvalue weighted by Crippen LogP contribution is -2.40. The van der Waals surface area contributed by atoms with E-state index >= 15 is 0 Å². The minimum atomic E-state index is -0.447. The number of aryl methyl sites for hydroxylation is 1. The number of carbonyl (C=O) groups is 2. The molecule has 2 aliphatic rings. The third kappa shape index (κ3) is 3.70. The molecule has 2 heterocycles. The molecule has 0 aliphatic carbocycles. The van der Waals surface area contributed by atoms with Crippen molar-refractivity contribution in [3.05, 3.63) is 35.9 Å². The Bertz CT molecular complexity index is 998. The van der Waals surface area contributed by atoms with E-state index in [-0.39, 0.29) is 24.8 Å². The summed E-state index contributed by atoms with van der Waals surface area (Å²) in [6.45, 7) is 0.901. The summed E-state index contributed by atoms with van der Waals surface area (Å²) in [4.78, 5) is 29.8. The fourth-order valence-corrected chi connectivity index (χ4v) is 4.57. The van der Waals surface area contributed by atoms with Gasteiger partial charge in [-0.15, -0.1) is 0 Å². The second-order valence-corrected chi connectivity index (χ2v) is 7.85. The Balaban J connectivity index is 1.61. The van der Waals surface area contributed by atoms with Gasteiger partial charge < -0.3 is 28.7 Å². The summed E-state index contributed by atoms with van der Waals surface area (Å²) in [5.74, 6) is 1.43. The second kappa shape index (κ2) is 8.98. The van der Waals surface area contributed by atoms with E-state index in [1.54, 1.807) is 29.0 Å². The molecule has 0 bridgehead atoms. The molecule has 0 saturated carbocycles. The van der Waals surface area contributed by atoms with Crippen molar-refractivity contribution < 1.29 is 28.5 Å². The molecule has 8 nitrogen and oxygen atoms in total. The number of methoxy groups -OCH3 is 4. The topological polar surface area (TPSA) is 77.5 Å². The lowest BCUT2D eigenvalue weighted by atomic mass is 9.98.